The summed E-state index contributed by atoms with van der Waals surface area (Å²) in [6.45, 7) is 4.62. The normalized spacial score (nSPS) is 24.9. The summed E-state index contributed by atoms with van der Waals surface area (Å²) in [6, 6.07) is 1.54. The van der Waals surface area contributed by atoms with E-state index in [2.05, 4.69) is 15.9 Å². The van der Waals surface area contributed by atoms with Gasteiger partial charge in [-0.3, -0.25) is 0 Å². The number of rotatable bonds is 2. The van der Waals surface area contributed by atoms with Gasteiger partial charge in [-0.25, -0.2) is 17.2 Å². The first-order chi connectivity index (χ1) is 8.73. The van der Waals surface area contributed by atoms with E-state index in [1.165, 1.54) is 4.31 Å². The SMILES string of the molecule is CC1CN(S(=O)(=O)c2c(F)cc(F)cc2Br)CC1C. The fraction of sp³-hybridized carbons (Fsp3) is 0.500. The summed E-state index contributed by atoms with van der Waals surface area (Å²) in [5.41, 5.74) is 0. The molecule has 1 fully saturated rings. The first-order valence-electron chi connectivity index (χ1n) is 5.88. The van der Waals surface area contributed by atoms with Crippen molar-refractivity contribution in [3.8, 4) is 0 Å². The Morgan fingerprint density at radius 2 is 1.74 bits per heavy atom. The third kappa shape index (κ3) is 2.68. The van der Waals surface area contributed by atoms with E-state index >= 15 is 0 Å². The van der Waals surface area contributed by atoms with Gasteiger partial charge in [0.05, 0.1) is 0 Å². The number of hydrogen-bond donors (Lipinski definition) is 0. The van der Waals surface area contributed by atoms with Crippen LogP contribution in [0.25, 0.3) is 0 Å². The Labute approximate surface area is 119 Å². The van der Waals surface area contributed by atoms with Crippen LogP contribution in [0, 0.1) is 23.5 Å². The van der Waals surface area contributed by atoms with Gasteiger partial charge in [0.2, 0.25) is 10.0 Å². The predicted molar refractivity (Wildman–Crippen MR) is 71.1 cm³/mol. The van der Waals surface area contributed by atoms with Crippen molar-refractivity contribution in [2.24, 2.45) is 11.8 Å². The molecule has 0 amide bonds. The van der Waals surface area contributed by atoms with E-state index in [1.807, 2.05) is 13.8 Å². The molecule has 1 aliphatic heterocycles. The third-order valence-corrected chi connectivity index (χ3v) is 6.31. The molecule has 0 aliphatic carbocycles. The average Bonchev–Trinajstić information content (AvgIpc) is 2.57. The van der Waals surface area contributed by atoms with Crippen LogP contribution in [0.15, 0.2) is 21.5 Å². The molecule has 0 N–H and O–H groups in total. The Bertz CT molecular complexity index is 573. The van der Waals surface area contributed by atoms with Crippen LogP contribution in [0.2, 0.25) is 0 Å². The second-order valence-electron chi connectivity index (χ2n) is 4.98. The van der Waals surface area contributed by atoms with Crippen molar-refractivity contribution in [2.45, 2.75) is 18.7 Å². The van der Waals surface area contributed by atoms with E-state index in [0.717, 1.165) is 6.07 Å². The maximum Gasteiger partial charge on any atom is 0.247 e. The molecule has 1 heterocycles. The minimum Gasteiger partial charge on any atom is -0.207 e. The highest BCUT2D eigenvalue weighted by Crippen LogP contribution is 2.33. The lowest BCUT2D eigenvalue weighted by atomic mass is 10.0. The summed E-state index contributed by atoms with van der Waals surface area (Å²) in [5, 5.41) is 0. The standard InChI is InChI=1S/C12H14BrF2NO2S/c1-7-5-16(6-8(7)2)19(17,18)12-10(13)3-9(14)4-11(12)15/h3-4,7-8H,5-6H2,1-2H3. The first-order valence-corrected chi connectivity index (χ1v) is 8.11. The van der Waals surface area contributed by atoms with Gasteiger partial charge >= 0.3 is 0 Å². The lowest BCUT2D eigenvalue weighted by Gasteiger charge is -2.17. The average molecular weight is 354 g/mol. The summed E-state index contributed by atoms with van der Waals surface area (Å²) < 4.78 is 52.8. The molecule has 0 spiro atoms. The van der Waals surface area contributed by atoms with Crippen LogP contribution >= 0.6 is 15.9 Å². The van der Waals surface area contributed by atoms with E-state index in [4.69, 9.17) is 0 Å². The number of hydrogen-bond acceptors (Lipinski definition) is 2. The monoisotopic (exact) mass is 353 g/mol. The lowest BCUT2D eigenvalue weighted by Crippen LogP contribution is -2.30. The minimum atomic E-state index is -3.94. The second-order valence-corrected chi connectivity index (χ2v) is 7.70. The Morgan fingerprint density at radius 3 is 2.21 bits per heavy atom. The molecule has 19 heavy (non-hydrogen) atoms. The van der Waals surface area contributed by atoms with E-state index in [0.29, 0.717) is 19.2 Å². The Kier molecular flexibility index (Phi) is 3.99. The molecule has 2 rings (SSSR count). The van der Waals surface area contributed by atoms with Crippen molar-refractivity contribution in [3.63, 3.8) is 0 Å². The van der Waals surface area contributed by atoms with Gasteiger partial charge in [0.15, 0.2) is 0 Å². The summed E-state index contributed by atoms with van der Waals surface area (Å²) in [6.07, 6.45) is 0. The minimum absolute atomic E-state index is 0.0859. The van der Waals surface area contributed by atoms with Crippen LogP contribution in [0.3, 0.4) is 0 Å². The van der Waals surface area contributed by atoms with Crippen LogP contribution in [-0.4, -0.2) is 25.8 Å². The molecular weight excluding hydrogens is 340 g/mol. The first kappa shape index (κ1) is 14.9. The van der Waals surface area contributed by atoms with E-state index in [9.17, 15) is 17.2 Å². The number of halogens is 3. The van der Waals surface area contributed by atoms with Gasteiger partial charge in [-0.05, 0) is 33.8 Å². The maximum absolute atomic E-state index is 13.8. The highest BCUT2D eigenvalue weighted by molar-refractivity contribution is 9.10. The molecule has 2 unspecified atom stereocenters. The van der Waals surface area contributed by atoms with E-state index in [1.54, 1.807) is 0 Å². The zero-order valence-electron chi connectivity index (χ0n) is 10.5. The van der Waals surface area contributed by atoms with Gasteiger partial charge in [0.25, 0.3) is 0 Å². The lowest BCUT2D eigenvalue weighted by molar-refractivity contribution is 0.455. The van der Waals surface area contributed by atoms with Crippen molar-refractivity contribution in [1.82, 2.24) is 4.31 Å². The highest BCUT2D eigenvalue weighted by atomic mass is 79.9. The van der Waals surface area contributed by atoms with Gasteiger partial charge in [0, 0.05) is 23.6 Å². The highest BCUT2D eigenvalue weighted by Gasteiger charge is 2.37. The largest absolute Gasteiger partial charge is 0.247 e. The third-order valence-electron chi connectivity index (χ3n) is 3.52. The zero-order chi connectivity index (χ0) is 14.4. The molecular formula is C12H14BrF2NO2S. The molecule has 3 nitrogen and oxygen atoms in total. The molecule has 106 valence electrons. The second kappa shape index (κ2) is 5.10. The van der Waals surface area contributed by atoms with Gasteiger partial charge in [-0.2, -0.15) is 4.31 Å². The Hall–Kier alpha value is -0.530. The molecule has 1 aromatic rings. The summed E-state index contributed by atoms with van der Waals surface area (Å²) >= 11 is 2.93. The zero-order valence-corrected chi connectivity index (χ0v) is 12.9. The van der Waals surface area contributed by atoms with Crippen molar-refractivity contribution < 1.29 is 17.2 Å². The van der Waals surface area contributed by atoms with Crippen molar-refractivity contribution in [2.75, 3.05) is 13.1 Å². The van der Waals surface area contributed by atoms with Gasteiger partial charge in [0.1, 0.15) is 16.5 Å². The Morgan fingerprint density at radius 1 is 1.21 bits per heavy atom. The molecule has 2 atom stereocenters. The van der Waals surface area contributed by atoms with Crippen LogP contribution in [0.5, 0.6) is 0 Å². The summed E-state index contributed by atoms with van der Waals surface area (Å²) in [7, 11) is -3.94. The van der Waals surface area contributed by atoms with Crippen molar-refractivity contribution >= 4 is 26.0 Å². The van der Waals surface area contributed by atoms with Gasteiger partial charge in [-0.15, -0.1) is 0 Å². The van der Waals surface area contributed by atoms with E-state index < -0.39 is 26.6 Å². The molecule has 1 saturated heterocycles. The number of benzene rings is 1. The topological polar surface area (TPSA) is 37.4 Å². The van der Waals surface area contributed by atoms with Crippen LogP contribution in [-0.2, 0) is 10.0 Å². The molecule has 0 bridgehead atoms. The molecule has 0 aromatic heterocycles. The maximum atomic E-state index is 13.8. The smallest absolute Gasteiger partial charge is 0.207 e. The van der Waals surface area contributed by atoms with Gasteiger partial charge < -0.3 is 0 Å². The fourth-order valence-electron chi connectivity index (χ4n) is 2.18. The molecule has 0 saturated carbocycles. The molecule has 0 radical (unpaired) electrons. The quantitative estimate of drug-likeness (QED) is 0.819. The fourth-order valence-corrected chi connectivity index (χ4v) is 4.93. The number of sulfonamides is 1. The van der Waals surface area contributed by atoms with Crippen molar-refractivity contribution in [1.29, 1.82) is 0 Å². The number of nitrogens with zero attached hydrogens (tertiary/aromatic N) is 1. The van der Waals surface area contributed by atoms with Crippen LogP contribution < -0.4 is 0 Å². The summed E-state index contributed by atoms with van der Waals surface area (Å²) in [4.78, 5) is -0.491. The van der Waals surface area contributed by atoms with Crippen molar-refractivity contribution in [3.05, 3.63) is 28.2 Å². The van der Waals surface area contributed by atoms with Gasteiger partial charge in [-0.1, -0.05) is 13.8 Å². The predicted octanol–water partition coefficient (Wildman–Crippen LogP) is 3.00. The van der Waals surface area contributed by atoms with Crippen LogP contribution in [0.1, 0.15) is 13.8 Å². The van der Waals surface area contributed by atoms with E-state index in [-0.39, 0.29) is 16.3 Å². The molecule has 1 aliphatic rings. The van der Waals surface area contributed by atoms with Crippen LogP contribution in [0.4, 0.5) is 8.78 Å². The Balaban J connectivity index is 2.47. The molecule has 1 aromatic carbocycles. The molecule has 7 heteroatoms. The summed E-state index contributed by atoms with van der Waals surface area (Å²) in [5.74, 6) is -1.44.